The first-order chi connectivity index (χ1) is 38.0. The van der Waals surface area contributed by atoms with Crippen molar-refractivity contribution < 1.29 is 28.6 Å². The zero-order chi connectivity index (χ0) is 55.7. The zero-order valence-corrected chi connectivity index (χ0v) is 50.7. The summed E-state index contributed by atoms with van der Waals surface area (Å²) >= 11 is 0. The molecular formula is C71H122O6. The molecule has 0 amide bonds. The van der Waals surface area contributed by atoms with Crippen molar-refractivity contribution in [3.8, 4) is 0 Å². The highest BCUT2D eigenvalue weighted by Crippen LogP contribution is 2.16. The number of hydrogen-bond acceptors (Lipinski definition) is 6. The van der Waals surface area contributed by atoms with Gasteiger partial charge in [0.25, 0.3) is 0 Å². The fraction of sp³-hybridized carbons (Fsp3) is 0.732. The van der Waals surface area contributed by atoms with E-state index in [0.717, 1.165) is 122 Å². The van der Waals surface area contributed by atoms with Crippen LogP contribution in [0.15, 0.2) is 97.2 Å². The first kappa shape index (κ1) is 73.3. The van der Waals surface area contributed by atoms with Gasteiger partial charge in [0.05, 0.1) is 0 Å². The van der Waals surface area contributed by atoms with E-state index >= 15 is 0 Å². The molecule has 0 heterocycles. The first-order valence-corrected chi connectivity index (χ1v) is 32.7. The summed E-state index contributed by atoms with van der Waals surface area (Å²) in [5, 5.41) is 0. The fourth-order valence-corrected chi connectivity index (χ4v) is 9.18. The molecule has 0 aromatic carbocycles. The largest absolute Gasteiger partial charge is 0.462 e. The van der Waals surface area contributed by atoms with Crippen LogP contribution in [0.3, 0.4) is 0 Å². The van der Waals surface area contributed by atoms with Crippen LogP contribution < -0.4 is 0 Å². The maximum atomic E-state index is 12.9. The number of carbonyl (C=O) groups is 3. The van der Waals surface area contributed by atoms with E-state index in [9.17, 15) is 14.4 Å². The maximum absolute atomic E-state index is 12.9. The van der Waals surface area contributed by atoms with Crippen LogP contribution in [0.1, 0.15) is 316 Å². The second-order valence-electron chi connectivity index (χ2n) is 21.6. The third-order valence-electron chi connectivity index (χ3n) is 14.1. The predicted octanol–water partition coefficient (Wildman–Crippen LogP) is 22.4. The van der Waals surface area contributed by atoms with Crippen LogP contribution in [0, 0.1) is 0 Å². The minimum absolute atomic E-state index is 0.0830. The van der Waals surface area contributed by atoms with Gasteiger partial charge in [0.1, 0.15) is 13.2 Å². The molecular weight excluding hydrogens is 949 g/mol. The summed E-state index contributed by atoms with van der Waals surface area (Å²) in [5.41, 5.74) is 0. The Balaban J connectivity index is 4.40. The Kier molecular flexibility index (Phi) is 61.8. The predicted molar refractivity (Wildman–Crippen MR) is 334 cm³/mol. The van der Waals surface area contributed by atoms with Gasteiger partial charge in [-0.05, 0) is 103 Å². The molecule has 0 saturated carbocycles. The summed E-state index contributed by atoms with van der Waals surface area (Å²) in [4.78, 5) is 38.4. The quantitative estimate of drug-likeness (QED) is 0.0261. The molecule has 0 N–H and O–H groups in total. The number of ether oxygens (including phenoxy) is 3. The van der Waals surface area contributed by atoms with Crippen LogP contribution in [-0.2, 0) is 28.6 Å². The summed E-state index contributed by atoms with van der Waals surface area (Å²) in [6.07, 6.45) is 86.9. The monoisotopic (exact) mass is 1070 g/mol. The molecule has 0 rings (SSSR count). The van der Waals surface area contributed by atoms with Crippen LogP contribution in [0.2, 0.25) is 0 Å². The highest BCUT2D eigenvalue weighted by molar-refractivity contribution is 5.71. The molecule has 6 nitrogen and oxygen atoms in total. The Labute approximate surface area is 477 Å². The molecule has 0 aliphatic heterocycles. The van der Waals surface area contributed by atoms with E-state index in [1.54, 1.807) is 0 Å². The van der Waals surface area contributed by atoms with Crippen LogP contribution in [0.25, 0.3) is 0 Å². The average molecular weight is 1070 g/mol. The smallest absolute Gasteiger partial charge is 0.306 e. The van der Waals surface area contributed by atoms with Crippen molar-refractivity contribution in [1.29, 1.82) is 0 Å². The molecule has 0 spiro atoms. The third-order valence-corrected chi connectivity index (χ3v) is 14.1. The SMILES string of the molecule is CC/C=C\C/C=C\C/C=C\C/C=C\C/C=C\C/C=C\CCCCCCCCC(=O)OCC(COC(=O)CCCCCCCCCCCCCCCCCC)OC(=O)CCCCCCCCC/C=C\C/C=C\CCCCCC. The van der Waals surface area contributed by atoms with Gasteiger partial charge < -0.3 is 14.2 Å². The van der Waals surface area contributed by atoms with Crippen molar-refractivity contribution in [1.82, 2.24) is 0 Å². The molecule has 0 aromatic heterocycles. The van der Waals surface area contributed by atoms with Crippen molar-refractivity contribution in [2.45, 2.75) is 322 Å². The first-order valence-electron chi connectivity index (χ1n) is 32.7. The number of rotatable bonds is 59. The number of esters is 3. The van der Waals surface area contributed by atoms with E-state index in [4.69, 9.17) is 14.2 Å². The standard InChI is InChI=1S/C71H122O6/c1-4-7-10-13-16-19-22-25-28-31-33-34-35-36-37-38-39-41-43-46-49-52-55-58-61-64-70(73)76-67-68(66-75-69(72)63-60-57-54-51-48-45-42-30-27-24-21-18-15-12-9-6-3)77-71(74)65-62-59-56-53-50-47-44-40-32-29-26-23-20-17-14-11-8-5-2/h7,10,16,19-20,23,25,28-29,32-34,36-37,39,41,68H,4-6,8-9,11-15,17-18,21-22,24,26-27,30-31,35,38,40,42-67H2,1-3H3/b10-7-,19-16-,23-20-,28-25-,32-29-,34-33-,37-36-,41-39-. The van der Waals surface area contributed by atoms with E-state index in [1.807, 2.05) is 0 Å². The minimum Gasteiger partial charge on any atom is -0.462 e. The molecule has 0 aromatic rings. The molecule has 6 heteroatoms. The highest BCUT2D eigenvalue weighted by atomic mass is 16.6. The second kappa shape index (κ2) is 64.9. The molecule has 1 unspecified atom stereocenters. The molecule has 0 fully saturated rings. The van der Waals surface area contributed by atoms with E-state index in [0.29, 0.717) is 19.3 Å². The number of hydrogen-bond donors (Lipinski definition) is 0. The van der Waals surface area contributed by atoms with Crippen LogP contribution >= 0.6 is 0 Å². The van der Waals surface area contributed by atoms with Gasteiger partial charge >= 0.3 is 17.9 Å². The van der Waals surface area contributed by atoms with Crippen molar-refractivity contribution in [3.63, 3.8) is 0 Å². The second-order valence-corrected chi connectivity index (χ2v) is 21.6. The Morgan fingerprint density at radius 3 is 0.805 bits per heavy atom. The van der Waals surface area contributed by atoms with Gasteiger partial charge in [-0.25, -0.2) is 0 Å². The lowest BCUT2D eigenvalue weighted by Gasteiger charge is -2.18. The summed E-state index contributed by atoms with van der Waals surface area (Å²) < 4.78 is 16.9. The molecule has 77 heavy (non-hydrogen) atoms. The molecule has 0 aliphatic carbocycles. The normalized spacial score (nSPS) is 12.7. The zero-order valence-electron chi connectivity index (χ0n) is 50.7. The van der Waals surface area contributed by atoms with E-state index in [-0.39, 0.29) is 31.1 Å². The van der Waals surface area contributed by atoms with Crippen molar-refractivity contribution in [3.05, 3.63) is 97.2 Å². The van der Waals surface area contributed by atoms with Gasteiger partial charge in [-0.2, -0.15) is 0 Å². The minimum atomic E-state index is -0.789. The summed E-state index contributed by atoms with van der Waals surface area (Å²) in [5.74, 6) is -0.893. The number of carbonyl (C=O) groups excluding carboxylic acids is 3. The van der Waals surface area contributed by atoms with E-state index in [1.165, 1.54) is 154 Å². The fourth-order valence-electron chi connectivity index (χ4n) is 9.18. The summed E-state index contributed by atoms with van der Waals surface area (Å²) in [7, 11) is 0. The third kappa shape index (κ3) is 63.0. The van der Waals surface area contributed by atoms with Gasteiger partial charge in [0.15, 0.2) is 6.10 Å². The van der Waals surface area contributed by atoms with E-state index in [2.05, 4.69) is 118 Å². The van der Waals surface area contributed by atoms with Crippen LogP contribution in [0.4, 0.5) is 0 Å². The van der Waals surface area contributed by atoms with Gasteiger partial charge in [0.2, 0.25) is 0 Å². The molecule has 0 radical (unpaired) electrons. The Morgan fingerprint density at radius 1 is 0.273 bits per heavy atom. The topological polar surface area (TPSA) is 78.9 Å². The van der Waals surface area contributed by atoms with Crippen molar-refractivity contribution in [2.75, 3.05) is 13.2 Å². The van der Waals surface area contributed by atoms with Crippen molar-refractivity contribution in [2.24, 2.45) is 0 Å². The molecule has 1 atom stereocenters. The van der Waals surface area contributed by atoms with Gasteiger partial charge in [-0.1, -0.05) is 291 Å². The molecule has 442 valence electrons. The summed E-state index contributed by atoms with van der Waals surface area (Å²) in [6.45, 7) is 6.53. The lowest BCUT2D eigenvalue weighted by atomic mass is 10.0. The highest BCUT2D eigenvalue weighted by Gasteiger charge is 2.19. The van der Waals surface area contributed by atoms with Gasteiger partial charge in [-0.15, -0.1) is 0 Å². The Hall–Kier alpha value is -3.67. The van der Waals surface area contributed by atoms with Gasteiger partial charge in [0, 0.05) is 19.3 Å². The van der Waals surface area contributed by atoms with Crippen LogP contribution in [0.5, 0.6) is 0 Å². The Bertz CT molecular complexity index is 1510. The number of unbranched alkanes of at least 4 members (excludes halogenated alkanes) is 32. The maximum Gasteiger partial charge on any atom is 0.306 e. The lowest BCUT2D eigenvalue weighted by molar-refractivity contribution is -0.167. The van der Waals surface area contributed by atoms with Gasteiger partial charge in [-0.3, -0.25) is 14.4 Å². The average Bonchev–Trinajstić information content (AvgIpc) is 3.43. The van der Waals surface area contributed by atoms with Crippen molar-refractivity contribution >= 4 is 17.9 Å². The molecule has 0 bridgehead atoms. The summed E-state index contributed by atoms with van der Waals surface area (Å²) in [6, 6.07) is 0. The molecule has 0 saturated heterocycles. The van der Waals surface area contributed by atoms with Crippen LogP contribution in [-0.4, -0.2) is 37.2 Å². The Morgan fingerprint density at radius 2 is 0.506 bits per heavy atom. The van der Waals surface area contributed by atoms with E-state index < -0.39 is 6.10 Å². The number of allylic oxidation sites excluding steroid dienone is 16. The molecule has 0 aliphatic rings. The lowest BCUT2D eigenvalue weighted by Crippen LogP contribution is -2.30.